The average molecular weight is 441 g/mol. The van der Waals surface area contributed by atoms with Gasteiger partial charge in [-0.2, -0.15) is 0 Å². The van der Waals surface area contributed by atoms with Crippen LogP contribution in [0.1, 0.15) is 36.9 Å². The second-order valence-corrected chi connectivity index (χ2v) is 8.20. The van der Waals surface area contributed by atoms with Crippen molar-refractivity contribution < 1.29 is 13.9 Å². The molecule has 1 saturated heterocycles. The number of carbonyl (C=O) groups is 1. The molecule has 1 amide bonds. The van der Waals surface area contributed by atoms with Crippen molar-refractivity contribution in [2.75, 3.05) is 33.8 Å². The number of nitrogens with zero attached hydrogens (tertiary/aromatic N) is 2. The number of nitrogens with one attached hydrogen (secondary N) is 2. The first kappa shape index (κ1) is 23.6. The molecule has 1 unspecified atom stereocenters. The summed E-state index contributed by atoms with van der Waals surface area (Å²) in [6.45, 7) is 3.65. The first-order chi connectivity index (χ1) is 15.5. The lowest BCUT2D eigenvalue weighted by molar-refractivity contribution is -0.131. The number of aliphatic imine (C=N–C) groups is 1. The number of piperidine rings is 1. The number of methoxy groups -OCH3 is 1. The Hall–Kier alpha value is -3.09. The number of hydrogen-bond acceptors (Lipinski definition) is 3. The molecule has 1 fully saturated rings. The third-order valence-corrected chi connectivity index (χ3v) is 5.99. The Morgan fingerprint density at radius 1 is 1.22 bits per heavy atom. The first-order valence-corrected chi connectivity index (χ1v) is 11.1. The largest absolute Gasteiger partial charge is 0.494 e. The molecular weight excluding hydrogens is 407 g/mol. The van der Waals surface area contributed by atoms with E-state index in [0.29, 0.717) is 11.9 Å². The summed E-state index contributed by atoms with van der Waals surface area (Å²) >= 11 is 0. The van der Waals surface area contributed by atoms with Crippen molar-refractivity contribution in [3.05, 3.63) is 65.5 Å². The Morgan fingerprint density at radius 3 is 2.56 bits per heavy atom. The topological polar surface area (TPSA) is 66.0 Å². The van der Waals surface area contributed by atoms with Gasteiger partial charge in [-0.1, -0.05) is 36.4 Å². The molecule has 2 aromatic carbocycles. The zero-order valence-corrected chi connectivity index (χ0v) is 19.1. The van der Waals surface area contributed by atoms with Gasteiger partial charge in [-0.15, -0.1) is 0 Å². The van der Waals surface area contributed by atoms with Gasteiger partial charge in [0.25, 0.3) is 0 Å². The lowest BCUT2D eigenvalue weighted by atomic mass is 9.90. The van der Waals surface area contributed by atoms with Crippen LogP contribution in [0.25, 0.3) is 0 Å². The SMILES string of the molecule is CN=C(NCC(=O)N1CCC(Cc2ccccc2)CC1)NC(C)c1ccc(OC)c(F)c1. The summed E-state index contributed by atoms with van der Waals surface area (Å²) in [4.78, 5) is 18.8. The number of halogens is 1. The third kappa shape index (κ3) is 6.45. The van der Waals surface area contributed by atoms with E-state index in [-0.39, 0.29) is 24.2 Å². The molecule has 0 spiro atoms. The number of hydrogen-bond donors (Lipinski definition) is 2. The van der Waals surface area contributed by atoms with E-state index in [2.05, 4.69) is 39.9 Å². The fraction of sp³-hybridized carbons (Fsp3) is 0.440. The van der Waals surface area contributed by atoms with E-state index < -0.39 is 5.82 Å². The molecule has 0 aromatic heterocycles. The zero-order valence-electron chi connectivity index (χ0n) is 19.1. The lowest BCUT2D eigenvalue weighted by Gasteiger charge is -2.32. The highest BCUT2D eigenvalue weighted by molar-refractivity contribution is 5.86. The summed E-state index contributed by atoms with van der Waals surface area (Å²) in [5, 5.41) is 6.29. The minimum atomic E-state index is -0.410. The molecule has 0 saturated carbocycles. The van der Waals surface area contributed by atoms with Gasteiger partial charge in [-0.05, 0) is 55.4 Å². The van der Waals surface area contributed by atoms with Gasteiger partial charge >= 0.3 is 0 Å². The monoisotopic (exact) mass is 440 g/mol. The highest BCUT2D eigenvalue weighted by Gasteiger charge is 2.23. The van der Waals surface area contributed by atoms with Crippen LogP contribution in [0.5, 0.6) is 5.75 Å². The molecule has 0 radical (unpaired) electrons. The molecule has 1 aliphatic heterocycles. The Morgan fingerprint density at radius 2 is 1.94 bits per heavy atom. The Bertz CT molecular complexity index is 911. The maximum atomic E-state index is 14.0. The lowest BCUT2D eigenvalue weighted by Crippen LogP contribution is -2.47. The Kier molecular flexibility index (Phi) is 8.48. The van der Waals surface area contributed by atoms with Gasteiger partial charge in [-0.3, -0.25) is 9.79 Å². The van der Waals surface area contributed by atoms with Gasteiger partial charge in [0.05, 0.1) is 19.7 Å². The van der Waals surface area contributed by atoms with Crippen molar-refractivity contribution in [1.29, 1.82) is 0 Å². The minimum absolute atomic E-state index is 0.0641. The number of carbonyl (C=O) groups excluding carboxylic acids is 1. The number of ether oxygens (including phenoxy) is 1. The van der Waals surface area contributed by atoms with Crippen molar-refractivity contribution in [3.63, 3.8) is 0 Å². The smallest absolute Gasteiger partial charge is 0.241 e. The third-order valence-electron chi connectivity index (χ3n) is 5.99. The van der Waals surface area contributed by atoms with Crippen LogP contribution in [0.4, 0.5) is 4.39 Å². The van der Waals surface area contributed by atoms with Crippen LogP contribution >= 0.6 is 0 Å². The van der Waals surface area contributed by atoms with Crippen molar-refractivity contribution in [2.45, 2.75) is 32.2 Å². The molecule has 0 bridgehead atoms. The van der Waals surface area contributed by atoms with E-state index in [9.17, 15) is 9.18 Å². The second kappa shape index (κ2) is 11.5. The summed E-state index contributed by atoms with van der Waals surface area (Å²) < 4.78 is 19.0. The van der Waals surface area contributed by atoms with Crippen molar-refractivity contribution in [1.82, 2.24) is 15.5 Å². The van der Waals surface area contributed by atoms with Crippen LogP contribution in [0.15, 0.2) is 53.5 Å². The minimum Gasteiger partial charge on any atom is -0.494 e. The highest BCUT2D eigenvalue weighted by Crippen LogP contribution is 2.22. The second-order valence-electron chi connectivity index (χ2n) is 8.20. The van der Waals surface area contributed by atoms with Crippen molar-refractivity contribution in [3.8, 4) is 5.75 Å². The standard InChI is InChI=1S/C25H33FN4O2/c1-18(21-9-10-23(32-3)22(26)16-21)29-25(27-2)28-17-24(31)30-13-11-20(12-14-30)15-19-7-5-4-6-8-19/h4-10,16,18,20H,11-15,17H2,1-3H3,(H2,27,28,29). The fourth-order valence-electron chi connectivity index (χ4n) is 4.04. The highest BCUT2D eigenvalue weighted by atomic mass is 19.1. The Labute approximate surface area is 189 Å². The summed E-state index contributed by atoms with van der Waals surface area (Å²) in [7, 11) is 3.09. The molecule has 2 N–H and O–H groups in total. The normalized spacial score (nSPS) is 15.9. The van der Waals surface area contributed by atoms with Gasteiger partial charge in [0.1, 0.15) is 0 Å². The number of guanidine groups is 1. The number of amides is 1. The molecule has 172 valence electrons. The zero-order chi connectivity index (χ0) is 22.9. The van der Waals surface area contributed by atoms with Gasteiger partial charge < -0.3 is 20.3 Å². The van der Waals surface area contributed by atoms with Crippen LogP contribution in [-0.4, -0.2) is 50.6 Å². The molecule has 1 heterocycles. The van der Waals surface area contributed by atoms with Crippen LogP contribution < -0.4 is 15.4 Å². The van der Waals surface area contributed by atoms with E-state index in [4.69, 9.17) is 4.74 Å². The molecule has 6 nitrogen and oxygen atoms in total. The predicted octanol–water partition coefficient (Wildman–Crippen LogP) is 3.54. The van der Waals surface area contributed by atoms with Gasteiger partial charge in [0, 0.05) is 20.1 Å². The molecule has 3 rings (SSSR count). The van der Waals surface area contributed by atoms with Crippen molar-refractivity contribution in [2.24, 2.45) is 10.9 Å². The molecule has 7 heteroatoms. The van der Waals surface area contributed by atoms with Crippen molar-refractivity contribution >= 4 is 11.9 Å². The van der Waals surface area contributed by atoms with Gasteiger partial charge in [0.15, 0.2) is 17.5 Å². The summed E-state index contributed by atoms with van der Waals surface area (Å²) in [5.41, 5.74) is 2.12. The average Bonchev–Trinajstić information content (AvgIpc) is 2.82. The Balaban J connectivity index is 1.43. The van der Waals surface area contributed by atoms with E-state index in [1.54, 1.807) is 19.2 Å². The van der Waals surface area contributed by atoms with Gasteiger partial charge in [-0.25, -0.2) is 4.39 Å². The number of rotatable bonds is 7. The number of likely N-dealkylation sites (tertiary alicyclic amines) is 1. The maximum Gasteiger partial charge on any atom is 0.241 e. The fourth-order valence-corrected chi connectivity index (χ4v) is 4.04. The number of benzene rings is 2. The van der Waals surface area contributed by atoms with E-state index in [1.807, 2.05) is 17.9 Å². The molecule has 0 aliphatic carbocycles. The van der Waals surface area contributed by atoms with Crippen LogP contribution in [-0.2, 0) is 11.2 Å². The molecule has 32 heavy (non-hydrogen) atoms. The van der Waals surface area contributed by atoms with E-state index >= 15 is 0 Å². The predicted molar refractivity (Wildman–Crippen MR) is 125 cm³/mol. The van der Waals surface area contributed by atoms with E-state index in [1.165, 1.54) is 18.7 Å². The first-order valence-electron chi connectivity index (χ1n) is 11.1. The molecular formula is C25H33FN4O2. The summed E-state index contributed by atoms with van der Waals surface area (Å²) in [6.07, 6.45) is 3.11. The van der Waals surface area contributed by atoms with Crippen LogP contribution in [0.3, 0.4) is 0 Å². The molecule has 1 aliphatic rings. The van der Waals surface area contributed by atoms with Crippen LogP contribution in [0.2, 0.25) is 0 Å². The van der Waals surface area contributed by atoms with Crippen LogP contribution in [0, 0.1) is 11.7 Å². The summed E-state index contributed by atoms with van der Waals surface area (Å²) in [6, 6.07) is 15.2. The van der Waals surface area contributed by atoms with Gasteiger partial charge in [0.2, 0.25) is 5.91 Å². The maximum absolute atomic E-state index is 14.0. The summed E-state index contributed by atoms with van der Waals surface area (Å²) in [5.74, 6) is 0.985. The van der Waals surface area contributed by atoms with E-state index in [0.717, 1.165) is 37.9 Å². The molecule has 1 atom stereocenters. The molecule has 2 aromatic rings. The quantitative estimate of drug-likeness (QED) is 0.511.